The first-order valence-corrected chi connectivity index (χ1v) is 6.24. The first-order valence-electron chi connectivity index (χ1n) is 6.24. The van der Waals surface area contributed by atoms with Gasteiger partial charge in [-0.15, -0.1) is 0 Å². The molecule has 1 aliphatic rings. The number of rotatable bonds is 7. The Balaban J connectivity index is 2.13. The SMILES string of the molecule is CCCC(CNC)OCC1CCCCO1. The van der Waals surface area contributed by atoms with Crippen molar-refractivity contribution in [1.82, 2.24) is 5.32 Å². The summed E-state index contributed by atoms with van der Waals surface area (Å²) in [6, 6.07) is 0. The molecule has 0 bridgehead atoms. The quantitative estimate of drug-likeness (QED) is 0.704. The fourth-order valence-corrected chi connectivity index (χ4v) is 1.98. The van der Waals surface area contributed by atoms with Gasteiger partial charge in [-0.25, -0.2) is 0 Å². The van der Waals surface area contributed by atoms with Gasteiger partial charge in [0, 0.05) is 13.2 Å². The highest BCUT2D eigenvalue weighted by Crippen LogP contribution is 2.14. The van der Waals surface area contributed by atoms with E-state index in [2.05, 4.69) is 12.2 Å². The molecule has 2 atom stereocenters. The van der Waals surface area contributed by atoms with Crippen molar-refractivity contribution in [2.24, 2.45) is 0 Å². The van der Waals surface area contributed by atoms with Crippen molar-refractivity contribution in [3.63, 3.8) is 0 Å². The van der Waals surface area contributed by atoms with Crippen molar-refractivity contribution in [2.45, 2.75) is 51.2 Å². The molecule has 3 heteroatoms. The minimum atomic E-state index is 0.343. The summed E-state index contributed by atoms with van der Waals surface area (Å²) in [7, 11) is 1.98. The van der Waals surface area contributed by atoms with Crippen LogP contribution in [0.2, 0.25) is 0 Å². The van der Waals surface area contributed by atoms with Gasteiger partial charge >= 0.3 is 0 Å². The fourth-order valence-electron chi connectivity index (χ4n) is 1.98. The van der Waals surface area contributed by atoms with E-state index in [4.69, 9.17) is 9.47 Å². The van der Waals surface area contributed by atoms with Crippen LogP contribution in [0.25, 0.3) is 0 Å². The Morgan fingerprint density at radius 3 is 2.93 bits per heavy atom. The predicted octanol–water partition coefficient (Wildman–Crippen LogP) is 1.96. The highest BCUT2D eigenvalue weighted by atomic mass is 16.5. The van der Waals surface area contributed by atoms with Crippen LogP contribution in [0.15, 0.2) is 0 Å². The van der Waals surface area contributed by atoms with Crippen LogP contribution < -0.4 is 5.32 Å². The van der Waals surface area contributed by atoms with Crippen molar-refractivity contribution >= 4 is 0 Å². The molecule has 15 heavy (non-hydrogen) atoms. The van der Waals surface area contributed by atoms with Crippen molar-refractivity contribution in [3.8, 4) is 0 Å². The second-order valence-electron chi connectivity index (χ2n) is 4.29. The zero-order chi connectivity index (χ0) is 10.9. The molecule has 0 aliphatic carbocycles. The third kappa shape index (κ3) is 5.50. The average Bonchev–Trinajstić information content (AvgIpc) is 2.28. The van der Waals surface area contributed by atoms with Crippen LogP contribution in [0.5, 0.6) is 0 Å². The number of nitrogens with one attached hydrogen (secondary N) is 1. The molecule has 1 aliphatic heterocycles. The molecule has 1 N–H and O–H groups in total. The maximum absolute atomic E-state index is 5.87. The van der Waals surface area contributed by atoms with Gasteiger partial charge in [-0.1, -0.05) is 13.3 Å². The van der Waals surface area contributed by atoms with Gasteiger partial charge in [0.05, 0.1) is 18.8 Å². The van der Waals surface area contributed by atoms with Gasteiger partial charge in [0.1, 0.15) is 0 Å². The number of hydrogen-bond donors (Lipinski definition) is 1. The van der Waals surface area contributed by atoms with Crippen LogP contribution in [-0.4, -0.2) is 39.0 Å². The van der Waals surface area contributed by atoms with E-state index in [0.29, 0.717) is 12.2 Å². The van der Waals surface area contributed by atoms with Gasteiger partial charge in [-0.05, 0) is 32.7 Å². The Kier molecular flexibility index (Phi) is 6.98. The molecule has 0 aromatic carbocycles. The van der Waals surface area contributed by atoms with Crippen molar-refractivity contribution in [2.75, 3.05) is 26.8 Å². The van der Waals surface area contributed by atoms with Gasteiger partial charge in [0.15, 0.2) is 0 Å². The Bertz CT molecular complexity index is 141. The number of likely N-dealkylation sites (N-methyl/N-ethyl adjacent to an activating group) is 1. The molecular formula is C12H25NO2. The van der Waals surface area contributed by atoms with E-state index < -0.39 is 0 Å². The summed E-state index contributed by atoms with van der Waals surface area (Å²) in [5.74, 6) is 0. The molecule has 0 amide bonds. The molecule has 1 saturated heterocycles. The summed E-state index contributed by atoms with van der Waals surface area (Å²) in [6.07, 6.45) is 6.67. The highest BCUT2D eigenvalue weighted by molar-refractivity contribution is 4.65. The molecular weight excluding hydrogens is 190 g/mol. The van der Waals surface area contributed by atoms with Crippen LogP contribution in [0.3, 0.4) is 0 Å². The second-order valence-corrected chi connectivity index (χ2v) is 4.29. The molecule has 90 valence electrons. The van der Waals surface area contributed by atoms with E-state index in [0.717, 1.165) is 26.2 Å². The lowest BCUT2D eigenvalue weighted by molar-refractivity contribution is -0.0636. The van der Waals surface area contributed by atoms with E-state index in [1.165, 1.54) is 25.7 Å². The smallest absolute Gasteiger partial charge is 0.0808 e. The highest BCUT2D eigenvalue weighted by Gasteiger charge is 2.16. The molecule has 0 saturated carbocycles. The zero-order valence-electron chi connectivity index (χ0n) is 10.1. The molecule has 0 aromatic heterocycles. The maximum Gasteiger partial charge on any atom is 0.0808 e. The molecule has 0 spiro atoms. The first kappa shape index (κ1) is 12.9. The Labute approximate surface area is 93.5 Å². The summed E-state index contributed by atoms with van der Waals surface area (Å²) in [5.41, 5.74) is 0. The van der Waals surface area contributed by atoms with Crippen molar-refractivity contribution in [1.29, 1.82) is 0 Å². The van der Waals surface area contributed by atoms with Crippen LogP contribution >= 0.6 is 0 Å². The van der Waals surface area contributed by atoms with Gasteiger partial charge in [0.25, 0.3) is 0 Å². The molecule has 1 rings (SSSR count). The third-order valence-electron chi connectivity index (χ3n) is 2.83. The van der Waals surface area contributed by atoms with Crippen LogP contribution in [0, 0.1) is 0 Å². The van der Waals surface area contributed by atoms with E-state index in [-0.39, 0.29) is 0 Å². The lowest BCUT2D eigenvalue weighted by Crippen LogP contribution is -2.32. The van der Waals surface area contributed by atoms with Gasteiger partial charge in [-0.2, -0.15) is 0 Å². The molecule has 0 radical (unpaired) electrons. The molecule has 3 nitrogen and oxygen atoms in total. The predicted molar refractivity (Wildman–Crippen MR) is 62.2 cm³/mol. The monoisotopic (exact) mass is 215 g/mol. The maximum atomic E-state index is 5.87. The third-order valence-corrected chi connectivity index (χ3v) is 2.83. The minimum Gasteiger partial charge on any atom is -0.376 e. The molecule has 2 unspecified atom stereocenters. The van der Waals surface area contributed by atoms with E-state index >= 15 is 0 Å². The lowest BCUT2D eigenvalue weighted by atomic mass is 10.1. The van der Waals surface area contributed by atoms with Crippen LogP contribution in [0.4, 0.5) is 0 Å². The van der Waals surface area contributed by atoms with Crippen LogP contribution in [-0.2, 0) is 9.47 Å². The van der Waals surface area contributed by atoms with Crippen LogP contribution in [0.1, 0.15) is 39.0 Å². The summed E-state index contributed by atoms with van der Waals surface area (Å²) in [5, 5.41) is 3.17. The molecule has 1 fully saturated rings. The van der Waals surface area contributed by atoms with Crippen molar-refractivity contribution in [3.05, 3.63) is 0 Å². The number of hydrogen-bond acceptors (Lipinski definition) is 3. The summed E-state index contributed by atoms with van der Waals surface area (Å²) in [6.45, 7) is 4.83. The first-order chi connectivity index (χ1) is 7.36. The molecule has 1 heterocycles. The zero-order valence-corrected chi connectivity index (χ0v) is 10.1. The average molecular weight is 215 g/mol. The summed E-state index contributed by atoms with van der Waals surface area (Å²) in [4.78, 5) is 0. The summed E-state index contributed by atoms with van der Waals surface area (Å²) < 4.78 is 11.5. The van der Waals surface area contributed by atoms with E-state index in [1.54, 1.807) is 0 Å². The Hall–Kier alpha value is -0.120. The molecule has 0 aromatic rings. The Morgan fingerprint density at radius 2 is 2.33 bits per heavy atom. The normalized spacial score (nSPS) is 24.0. The van der Waals surface area contributed by atoms with Gasteiger partial charge < -0.3 is 14.8 Å². The minimum absolute atomic E-state index is 0.343. The topological polar surface area (TPSA) is 30.5 Å². The largest absolute Gasteiger partial charge is 0.376 e. The van der Waals surface area contributed by atoms with Crippen molar-refractivity contribution < 1.29 is 9.47 Å². The van der Waals surface area contributed by atoms with Gasteiger partial charge in [0.2, 0.25) is 0 Å². The fraction of sp³-hybridized carbons (Fsp3) is 1.00. The summed E-state index contributed by atoms with van der Waals surface area (Å²) >= 11 is 0. The standard InChI is InChI=1S/C12H25NO2/c1-3-6-11(9-13-2)15-10-12-7-4-5-8-14-12/h11-13H,3-10H2,1-2H3. The van der Waals surface area contributed by atoms with E-state index in [9.17, 15) is 0 Å². The Morgan fingerprint density at radius 1 is 1.47 bits per heavy atom. The lowest BCUT2D eigenvalue weighted by Gasteiger charge is -2.25. The second kappa shape index (κ2) is 8.08. The van der Waals surface area contributed by atoms with E-state index in [1.807, 2.05) is 7.05 Å². The van der Waals surface area contributed by atoms with Gasteiger partial charge in [-0.3, -0.25) is 0 Å². The number of ether oxygens (including phenoxy) is 2.